The summed E-state index contributed by atoms with van der Waals surface area (Å²) in [7, 11) is -4.17. The van der Waals surface area contributed by atoms with Crippen molar-refractivity contribution in [2.24, 2.45) is 5.73 Å². The Balaban J connectivity index is 2.05. The SMILES string of the molecule is NCC(O)CNC(=O)c1ccccc1S(=O)(=O)NCC(=O)Nc1ccc(O)cc1. The van der Waals surface area contributed by atoms with Gasteiger partial charge in [0.15, 0.2) is 0 Å². The average Bonchev–Trinajstić information content (AvgIpc) is 2.72. The van der Waals surface area contributed by atoms with E-state index in [1.807, 2.05) is 0 Å². The van der Waals surface area contributed by atoms with Crippen molar-refractivity contribution in [3.8, 4) is 5.75 Å². The van der Waals surface area contributed by atoms with Crippen LogP contribution in [0.4, 0.5) is 5.69 Å². The summed E-state index contributed by atoms with van der Waals surface area (Å²) in [6.45, 7) is -0.755. The average molecular weight is 422 g/mol. The summed E-state index contributed by atoms with van der Waals surface area (Å²) >= 11 is 0. The second kappa shape index (κ2) is 9.98. The van der Waals surface area contributed by atoms with E-state index in [-0.39, 0.29) is 29.3 Å². The first-order chi connectivity index (χ1) is 13.7. The third kappa shape index (κ3) is 6.54. The minimum absolute atomic E-state index is 0.0255. The van der Waals surface area contributed by atoms with Gasteiger partial charge in [-0.05, 0) is 36.4 Å². The molecule has 2 aromatic rings. The lowest BCUT2D eigenvalue weighted by Crippen LogP contribution is -2.37. The molecule has 0 bridgehead atoms. The summed E-state index contributed by atoms with van der Waals surface area (Å²) in [5, 5.41) is 23.5. The molecule has 0 aliphatic heterocycles. The molecule has 0 aliphatic rings. The Kier molecular flexibility index (Phi) is 7.67. The van der Waals surface area contributed by atoms with E-state index in [0.29, 0.717) is 5.69 Å². The molecule has 0 saturated carbocycles. The fourth-order valence-corrected chi connectivity index (χ4v) is 3.45. The molecule has 29 heavy (non-hydrogen) atoms. The van der Waals surface area contributed by atoms with E-state index in [9.17, 15) is 28.2 Å². The molecule has 0 heterocycles. The zero-order valence-corrected chi connectivity index (χ0v) is 16.1. The zero-order chi connectivity index (χ0) is 21.4. The van der Waals surface area contributed by atoms with Crippen LogP contribution in [-0.2, 0) is 14.8 Å². The second-order valence-electron chi connectivity index (χ2n) is 6.02. The molecule has 156 valence electrons. The van der Waals surface area contributed by atoms with Crippen molar-refractivity contribution in [2.45, 2.75) is 11.0 Å². The van der Waals surface area contributed by atoms with E-state index in [1.54, 1.807) is 0 Å². The standard InChI is InChI=1S/C18H22N4O6S/c19-9-14(24)10-20-18(26)15-3-1-2-4-16(15)29(27,28)21-11-17(25)22-12-5-7-13(23)8-6-12/h1-8,14,21,23-24H,9-11,19H2,(H,20,26)(H,22,25). The van der Waals surface area contributed by atoms with Crippen LogP contribution in [-0.4, -0.2) is 56.2 Å². The summed E-state index contributed by atoms with van der Waals surface area (Å²) in [6.07, 6.45) is -0.954. The zero-order valence-electron chi connectivity index (χ0n) is 15.3. The molecule has 10 nitrogen and oxygen atoms in total. The molecule has 2 rings (SSSR count). The predicted octanol–water partition coefficient (Wildman–Crippen LogP) is -0.641. The van der Waals surface area contributed by atoms with Crippen molar-refractivity contribution in [3.05, 3.63) is 54.1 Å². The molecule has 0 aliphatic carbocycles. The molecule has 11 heteroatoms. The molecular formula is C18H22N4O6S. The highest BCUT2D eigenvalue weighted by atomic mass is 32.2. The third-order valence-corrected chi connectivity index (χ3v) is 5.22. The molecule has 7 N–H and O–H groups in total. The molecule has 0 saturated heterocycles. The number of sulfonamides is 1. The largest absolute Gasteiger partial charge is 0.508 e. The van der Waals surface area contributed by atoms with Crippen molar-refractivity contribution >= 4 is 27.5 Å². The molecule has 0 fully saturated rings. The van der Waals surface area contributed by atoms with Gasteiger partial charge in [0.2, 0.25) is 15.9 Å². The molecule has 0 aromatic heterocycles. The number of phenolic OH excluding ortho intramolecular Hbond substituents is 1. The van der Waals surface area contributed by atoms with Crippen LogP contribution in [0.1, 0.15) is 10.4 Å². The van der Waals surface area contributed by atoms with Gasteiger partial charge in [-0.25, -0.2) is 13.1 Å². The lowest BCUT2D eigenvalue weighted by molar-refractivity contribution is -0.115. The van der Waals surface area contributed by atoms with E-state index in [1.165, 1.54) is 48.5 Å². The van der Waals surface area contributed by atoms with Crippen molar-refractivity contribution in [1.29, 1.82) is 0 Å². The van der Waals surface area contributed by atoms with E-state index in [2.05, 4.69) is 15.4 Å². The van der Waals surface area contributed by atoms with Gasteiger partial charge in [-0.3, -0.25) is 9.59 Å². The summed E-state index contributed by atoms with van der Waals surface area (Å²) in [4.78, 5) is 24.0. The van der Waals surface area contributed by atoms with Gasteiger partial charge >= 0.3 is 0 Å². The monoisotopic (exact) mass is 422 g/mol. The number of rotatable bonds is 9. The number of aliphatic hydroxyl groups excluding tert-OH is 1. The molecule has 2 amide bonds. The Morgan fingerprint density at radius 2 is 1.72 bits per heavy atom. The number of hydrogen-bond acceptors (Lipinski definition) is 7. The smallest absolute Gasteiger partial charge is 0.252 e. The highest BCUT2D eigenvalue weighted by Crippen LogP contribution is 2.16. The number of carbonyl (C=O) groups is 2. The van der Waals surface area contributed by atoms with Gasteiger partial charge in [0.1, 0.15) is 5.75 Å². The van der Waals surface area contributed by atoms with Gasteiger partial charge in [-0.2, -0.15) is 0 Å². The highest BCUT2D eigenvalue weighted by molar-refractivity contribution is 7.89. The maximum absolute atomic E-state index is 12.6. The number of aliphatic hydroxyl groups is 1. The first-order valence-electron chi connectivity index (χ1n) is 8.57. The van der Waals surface area contributed by atoms with E-state index >= 15 is 0 Å². The minimum atomic E-state index is -4.17. The number of nitrogens with two attached hydrogens (primary N) is 1. The van der Waals surface area contributed by atoms with Gasteiger partial charge in [0.05, 0.1) is 23.1 Å². The number of carbonyl (C=O) groups excluding carboxylic acids is 2. The third-order valence-electron chi connectivity index (χ3n) is 3.77. The number of hydrogen-bond donors (Lipinski definition) is 6. The number of phenols is 1. The van der Waals surface area contributed by atoms with Crippen LogP contribution in [0, 0.1) is 0 Å². The molecule has 1 unspecified atom stereocenters. The Bertz CT molecular complexity index is 963. The lowest BCUT2D eigenvalue weighted by atomic mass is 10.2. The first-order valence-corrected chi connectivity index (χ1v) is 10.0. The molecule has 2 aromatic carbocycles. The molecule has 0 spiro atoms. The van der Waals surface area contributed by atoms with Gasteiger partial charge in [-0.1, -0.05) is 12.1 Å². The molecule has 1 atom stereocenters. The van der Waals surface area contributed by atoms with Crippen LogP contribution in [0.25, 0.3) is 0 Å². The van der Waals surface area contributed by atoms with Gasteiger partial charge in [0, 0.05) is 18.8 Å². The normalized spacial score (nSPS) is 12.2. The van der Waals surface area contributed by atoms with E-state index < -0.39 is 34.5 Å². The van der Waals surface area contributed by atoms with Crippen LogP contribution in [0.15, 0.2) is 53.4 Å². The maximum Gasteiger partial charge on any atom is 0.252 e. The van der Waals surface area contributed by atoms with Crippen LogP contribution in [0.2, 0.25) is 0 Å². The number of aromatic hydroxyl groups is 1. The Morgan fingerprint density at radius 1 is 1.07 bits per heavy atom. The molecular weight excluding hydrogens is 400 g/mol. The number of nitrogens with one attached hydrogen (secondary N) is 3. The minimum Gasteiger partial charge on any atom is -0.508 e. The Hall–Kier alpha value is -2.99. The quantitative estimate of drug-likeness (QED) is 0.292. The van der Waals surface area contributed by atoms with E-state index in [0.717, 1.165) is 0 Å². The topological polar surface area (TPSA) is 171 Å². The number of anilines is 1. The van der Waals surface area contributed by atoms with E-state index in [4.69, 9.17) is 5.73 Å². The van der Waals surface area contributed by atoms with Crippen molar-refractivity contribution < 1.29 is 28.2 Å². The Labute approximate surface area is 167 Å². The number of amides is 2. The van der Waals surface area contributed by atoms with Crippen LogP contribution in [0.5, 0.6) is 5.75 Å². The van der Waals surface area contributed by atoms with Gasteiger partial charge in [0.25, 0.3) is 5.91 Å². The van der Waals surface area contributed by atoms with Crippen molar-refractivity contribution in [2.75, 3.05) is 25.0 Å². The Morgan fingerprint density at radius 3 is 2.38 bits per heavy atom. The fourth-order valence-electron chi connectivity index (χ4n) is 2.27. The summed E-state index contributed by atoms with van der Waals surface area (Å²) in [6, 6.07) is 11.1. The first kappa shape index (κ1) is 22.3. The van der Waals surface area contributed by atoms with Crippen molar-refractivity contribution in [1.82, 2.24) is 10.0 Å². The second-order valence-corrected chi connectivity index (χ2v) is 7.75. The van der Waals surface area contributed by atoms with Crippen molar-refractivity contribution in [3.63, 3.8) is 0 Å². The summed E-state index contributed by atoms with van der Waals surface area (Å²) in [5.41, 5.74) is 5.51. The van der Waals surface area contributed by atoms with Gasteiger partial charge < -0.3 is 26.6 Å². The maximum atomic E-state index is 12.6. The van der Waals surface area contributed by atoms with Gasteiger partial charge in [-0.15, -0.1) is 0 Å². The predicted molar refractivity (Wildman–Crippen MR) is 106 cm³/mol. The summed E-state index contributed by atoms with van der Waals surface area (Å²) in [5.74, 6) is -1.31. The molecule has 0 radical (unpaired) electrons. The van der Waals surface area contributed by atoms with Crippen LogP contribution >= 0.6 is 0 Å². The van der Waals surface area contributed by atoms with Crippen LogP contribution < -0.4 is 21.1 Å². The summed E-state index contributed by atoms with van der Waals surface area (Å²) < 4.78 is 27.3. The van der Waals surface area contributed by atoms with Crippen LogP contribution in [0.3, 0.4) is 0 Å². The lowest BCUT2D eigenvalue weighted by Gasteiger charge is -2.13. The fraction of sp³-hybridized carbons (Fsp3) is 0.222. The highest BCUT2D eigenvalue weighted by Gasteiger charge is 2.23. The number of benzene rings is 2.